The van der Waals surface area contributed by atoms with Crippen LogP contribution in [0.5, 0.6) is 0 Å². The molecule has 0 fully saturated rings. The van der Waals surface area contributed by atoms with E-state index in [0.717, 1.165) is 22.1 Å². The Bertz CT molecular complexity index is 384. The third-order valence-corrected chi connectivity index (χ3v) is 2.02. The molecule has 0 saturated carbocycles. The van der Waals surface area contributed by atoms with E-state index in [1.165, 1.54) is 0 Å². The second-order valence-electron chi connectivity index (χ2n) is 2.86. The van der Waals surface area contributed by atoms with Crippen LogP contribution in [0.3, 0.4) is 0 Å². The van der Waals surface area contributed by atoms with E-state index in [1.54, 1.807) is 0 Å². The summed E-state index contributed by atoms with van der Waals surface area (Å²) < 4.78 is 0. The zero-order valence-electron chi connectivity index (χ0n) is 6.75. The van der Waals surface area contributed by atoms with Crippen molar-refractivity contribution < 1.29 is 5.73 Å². The van der Waals surface area contributed by atoms with Gasteiger partial charge in [0.2, 0.25) is 0 Å². The minimum absolute atomic E-state index is 0.804. The van der Waals surface area contributed by atoms with E-state index in [-0.39, 0.29) is 0 Å². The van der Waals surface area contributed by atoms with Gasteiger partial charge in [0.1, 0.15) is 5.69 Å². The van der Waals surface area contributed by atoms with E-state index in [9.17, 15) is 0 Å². The maximum Gasteiger partial charge on any atom is 0.137 e. The number of rotatable bonds is 0. The van der Waals surface area contributed by atoms with Crippen LogP contribution in [0, 0.1) is 0 Å². The average Bonchev–Trinajstić information content (AvgIpc) is 2.04. The molecule has 0 unspecified atom stereocenters. The number of nitrogen functional groups attached to an aromatic ring is 1. The summed E-state index contributed by atoms with van der Waals surface area (Å²) in [4.78, 5) is 0. The van der Waals surface area contributed by atoms with Crippen molar-refractivity contribution in [2.24, 2.45) is 0 Å². The number of fused-ring (bicyclic) bond motifs is 1. The van der Waals surface area contributed by atoms with Crippen LogP contribution in [0.15, 0.2) is 36.4 Å². The van der Waals surface area contributed by atoms with Crippen LogP contribution in [0.25, 0.3) is 10.8 Å². The second-order valence-corrected chi connectivity index (χ2v) is 2.86. The topological polar surface area (TPSA) is 53.7 Å². The molecule has 0 aliphatic heterocycles. The SMILES string of the molecule is Nc1cccc2cccc([NH3+])c12. The quantitative estimate of drug-likeness (QED) is 0.559. The van der Waals surface area contributed by atoms with Crippen LogP contribution >= 0.6 is 0 Å². The highest BCUT2D eigenvalue weighted by Crippen LogP contribution is 2.24. The van der Waals surface area contributed by atoms with Crippen LogP contribution in [-0.4, -0.2) is 0 Å². The summed E-state index contributed by atoms with van der Waals surface area (Å²) in [7, 11) is 0. The Morgan fingerprint density at radius 1 is 1.00 bits per heavy atom. The van der Waals surface area contributed by atoms with Crippen molar-refractivity contribution >= 4 is 22.1 Å². The summed E-state index contributed by atoms with van der Waals surface area (Å²) in [5.74, 6) is 0. The molecule has 2 rings (SSSR count). The van der Waals surface area contributed by atoms with Crippen molar-refractivity contribution in [1.29, 1.82) is 0 Å². The van der Waals surface area contributed by atoms with Gasteiger partial charge in [-0.05, 0) is 17.5 Å². The summed E-state index contributed by atoms with van der Waals surface area (Å²) >= 11 is 0. The van der Waals surface area contributed by atoms with E-state index < -0.39 is 0 Å². The highest BCUT2D eigenvalue weighted by atomic mass is 14.6. The van der Waals surface area contributed by atoms with E-state index in [2.05, 4.69) is 5.73 Å². The van der Waals surface area contributed by atoms with Crippen LogP contribution in [0.2, 0.25) is 0 Å². The van der Waals surface area contributed by atoms with Crippen molar-refractivity contribution in [2.45, 2.75) is 0 Å². The van der Waals surface area contributed by atoms with Crippen molar-refractivity contribution in [3.05, 3.63) is 36.4 Å². The van der Waals surface area contributed by atoms with Gasteiger partial charge in [-0.3, -0.25) is 0 Å². The highest BCUT2D eigenvalue weighted by molar-refractivity contribution is 5.99. The third kappa shape index (κ3) is 0.933. The van der Waals surface area contributed by atoms with E-state index in [1.807, 2.05) is 36.4 Å². The van der Waals surface area contributed by atoms with Gasteiger partial charge >= 0.3 is 0 Å². The molecule has 5 N–H and O–H groups in total. The van der Waals surface area contributed by atoms with Crippen LogP contribution < -0.4 is 11.5 Å². The Morgan fingerprint density at radius 2 is 1.67 bits per heavy atom. The van der Waals surface area contributed by atoms with Crippen LogP contribution in [-0.2, 0) is 0 Å². The molecule has 2 aromatic rings. The van der Waals surface area contributed by atoms with Crippen molar-refractivity contribution in [3.8, 4) is 0 Å². The molecular weight excluding hydrogens is 148 g/mol. The molecule has 2 aromatic carbocycles. The third-order valence-electron chi connectivity index (χ3n) is 2.02. The number of quaternary nitrogens is 1. The zero-order chi connectivity index (χ0) is 8.55. The minimum atomic E-state index is 0.804. The first-order chi connectivity index (χ1) is 5.79. The number of anilines is 1. The summed E-state index contributed by atoms with van der Waals surface area (Å²) in [5, 5.41) is 2.22. The summed E-state index contributed by atoms with van der Waals surface area (Å²) in [6, 6.07) is 11.9. The first-order valence-electron chi connectivity index (χ1n) is 3.88. The number of hydrogen-bond acceptors (Lipinski definition) is 1. The summed E-state index contributed by atoms with van der Waals surface area (Å²) in [6.45, 7) is 0. The van der Waals surface area contributed by atoms with E-state index in [0.29, 0.717) is 0 Å². The van der Waals surface area contributed by atoms with Gasteiger partial charge in [0.05, 0.1) is 5.39 Å². The maximum absolute atomic E-state index is 5.82. The fraction of sp³-hybridized carbons (Fsp3) is 0. The minimum Gasteiger partial charge on any atom is -0.398 e. The van der Waals surface area contributed by atoms with Gasteiger partial charge in [-0.25, -0.2) is 0 Å². The lowest BCUT2D eigenvalue weighted by molar-refractivity contribution is -0.252. The number of nitrogens with two attached hydrogens (primary N) is 1. The Labute approximate surface area is 70.8 Å². The predicted molar refractivity (Wildman–Crippen MR) is 50.9 cm³/mol. The first kappa shape index (κ1) is 7.13. The lowest BCUT2D eigenvalue weighted by Crippen LogP contribution is -2.40. The van der Waals surface area contributed by atoms with Gasteiger partial charge < -0.3 is 11.5 Å². The molecule has 0 saturated heterocycles. The Hall–Kier alpha value is -1.54. The molecule has 0 aromatic heterocycles. The molecule has 0 aliphatic carbocycles. The normalized spacial score (nSPS) is 10.4. The lowest BCUT2D eigenvalue weighted by atomic mass is 10.1. The Morgan fingerprint density at radius 3 is 2.33 bits per heavy atom. The molecule has 0 bridgehead atoms. The molecule has 12 heavy (non-hydrogen) atoms. The molecule has 0 radical (unpaired) electrons. The van der Waals surface area contributed by atoms with Crippen molar-refractivity contribution in [2.75, 3.05) is 5.73 Å². The van der Waals surface area contributed by atoms with Crippen LogP contribution in [0.1, 0.15) is 0 Å². The second kappa shape index (κ2) is 2.50. The Kier molecular flexibility index (Phi) is 1.48. The molecule has 0 atom stereocenters. The largest absolute Gasteiger partial charge is 0.398 e. The van der Waals surface area contributed by atoms with Crippen LogP contribution in [0.4, 0.5) is 11.4 Å². The molecule has 0 heterocycles. The van der Waals surface area contributed by atoms with E-state index >= 15 is 0 Å². The number of benzene rings is 2. The van der Waals surface area contributed by atoms with Gasteiger partial charge in [-0.15, -0.1) is 0 Å². The van der Waals surface area contributed by atoms with Crippen molar-refractivity contribution in [3.63, 3.8) is 0 Å². The average molecular weight is 159 g/mol. The number of hydrogen-bond donors (Lipinski definition) is 2. The maximum atomic E-state index is 5.82. The zero-order valence-corrected chi connectivity index (χ0v) is 6.75. The molecule has 2 nitrogen and oxygen atoms in total. The van der Waals surface area contributed by atoms with Gasteiger partial charge in [0.25, 0.3) is 0 Å². The fourth-order valence-electron chi connectivity index (χ4n) is 1.45. The highest BCUT2D eigenvalue weighted by Gasteiger charge is 2.01. The standard InChI is InChI=1S/C10H10N2/c11-8-5-1-3-7-4-2-6-9(12)10(7)8/h1-6H,11-12H2/p+1. The molecular formula is C10H11N2+. The molecule has 0 amide bonds. The lowest BCUT2D eigenvalue weighted by Gasteiger charge is -2.01. The predicted octanol–water partition coefficient (Wildman–Crippen LogP) is 1.30. The molecule has 0 aliphatic rings. The first-order valence-corrected chi connectivity index (χ1v) is 3.88. The van der Waals surface area contributed by atoms with Crippen molar-refractivity contribution in [1.82, 2.24) is 0 Å². The van der Waals surface area contributed by atoms with E-state index in [4.69, 9.17) is 5.73 Å². The molecule has 0 spiro atoms. The summed E-state index contributed by atoms with van der Waals surface area (Å²) in [6.07, 6.45) is 0. The van der Waals surface area contributed by atoms with Gasteiger partial charge in [-0.1, -0.05) is 24.3 Å². The van der Waals surface area contributed by atoms with Gasteiger partial charge in [0.15, 0.2) is 0 Å². The molecule has 60 valence electrons. The van der Waals surface area contributed by atoms with Gasteiger partial charge in [0, 0.05) is 5.69 Å². The smallest absolute Gasteiger partial charge is 0.137 e. The monoisotopic (exact) mass is 159 g/mol. The fourth-order valence-corrected chi connectivity index (χ4v) is 1.45. The summed E-state index contributed by atoms with van der Waals surface area (Å²) in [5.41, 5.74) is 11.5. The Balaban J connectivity index is 2.96. The molecule has 2 heteroatoms. The van der Waals surface area contributed by atoms with Gasteiger partial charge in [-0.2, -0.15) is 0 Å².